The number of carbonyl (C=O) groups is 2. The Morgan fingerprint density at radius 1 is 1.03 bits per heavy atom. The maximum atomic E-state index is 12.6. The van der Waals surface area contributed by atoms with Gasteiger partial charge in [-0.2, -0.15) is 5.10 Å². The fraction of sp³-hybridized carbons (Fsp3) is 0.292. The van der Waals surface area contributed by atoms with Gasteiger partial charge < -0.3 is 14.8 Å². The Morgan fingerprint density at radius 3 is 2.45 bits per heavy atom. The number of rotatable bonds is 10. The maximum Gasteiger partial charge on any atom is 0.343 e. The molecule has 3 rings (SSSR count). The zero-order chi connectivity index (χ0) is 22.1. The molecule has 0 spiro atoms. The second-order valence-electron chi connectivity index (χ2n) is 6.87. The van der Waals surface area contributed by atoms with Gasteiger partial charge in [0.05, 0.1) is 25.1 Å². The number of hydrogen-bond acceptors (Lipinski definition) is 5. The monoisotopic (exact) mass is 421 g/mol. The van der Waals surface area contributed by atoms with Crippen LogP contribution in [0.5, 0.6) is 5.75 Å². The minimum atomic E-state index is -0.529. The molecule has 0 saturated heterocycles. The van der Waals surface area contributed by atoms with Gasteiger partial charge in [-0.3, -0.25) is 4.79 Å². The average Bonchev–Trinajstić information content (AvgIpc) is 3.21. The topological polar surface area (TPSA) is 82.5 Å². The molecule has 0 aliphatic rings. The molecule has 1 aromatic heterocycles. The fourth-order valence-corrected chi connectivity index (χ4v) is 3.03. The molecule has 0 unspecified atom stereocenters. The average molecular weight is 421 g/mol. The minimum Gasteiger partial charge on any atom is -0.494 e. The zero-order valence-corrected chi connectivity index (χ0v) is 17.8. The number of aromatic nitrogens is 2. The van der Waals surface area contributed by atoms with Crippen LogP contribution in [0.1, 0.15) is 42.6 Å². The molecule has 0 atom stereocenters. The van der Waals surface area contributed by atoms with Crippen molar-refractivity contribution in [2.75, 3.05) is 18.5 Å². The van der Waals surface area contributed by atoms with Gasteiger partial charge in [0.2, 0.25) is 5.91 Å². The number of aryl methyl sites for hydroxylation is 1. The van der Waals surface area contributed by atoms with Crippen molar-refractivity contribution in [2.24, 2.45) is 0 Å². The second kappa shape index (κ2) is 11.0. The number of benzene rings is 2. The Bertz CT molecular complexity index is 997. The van der Waals surface area contributed by atoms with Crippen LogP contribution in [-0.2, 0) is 16.0 Å². The van der Waals surface area contributed by atoms with Crippen LogP contribution in [0.25, 0.3) is 5.69 Å². The summed E-state index contributed by atoms with van der Waals surface area (Å²) in [6.45, 7) is 4.49. The molecule has 7 nitrogen and oxygen atoms in total. The third-order valence-corrected chi connectivity index (χ3v) is 4.67. The van der Waals surface area contributed by atoms with E-state index < -0.39 is 5.97 Å². The molecule has 3 aromatic rings. The highest BCUT2D eigenvalue weighted by Crippen LogP contribution is 2.22. The predicted molar refractivity (Wildman–Crippen MR) is 119 cm³/mol. The molecule has 0 bridgehead atoms. The van der Waals surface area contributed by atoms with Gasteiger partial charge in [-0.15, -0.1) is 0 Å². The molecule has 0 aliphatic heterocycles. The maximum absolute atomic E-state index is 12.6. The number of ether oxygens (including phenoxy) is 2. The Morgan fingerprint density at radius 2 is 1.77 bits per heavy atom. The van der Waals surface area contributed by atoms with Crippen LogP contribution in [0.3, 0.4) is 0 Å². The highest BCUT2D eigenvalue weighted by molar-refractivity contribution is 6.00. The van der Waals surface area contributed by atoms with Gasteiger partial charge in [-0.05, 0) is 49.6 Å². The van der Waals surface area contributed by atoms with Crippen LogP contribution >= 0.6 is 0 Å². The number of anilines is 1. The van der Waals surface area contributed by atoms with Crippen LogP contribution in [0.2, 0.25) is 0 Å². The van der Waals surface area contributed by atoms with Crippen molar-refractivity contribution < 1.29 is 19.1 Å². The lowest BCUT2D eigenvalue weighted by Gasteiger charge is -2.11. The predicted octanol–water partition coefficient (Wildman–Crippen LogP) is 4.41. The zero-order valence-electron chi connectivity index (χ0n) is 17.8. The lowest BCUT2D eigenvalue weighted by atomic mass is 10.2. The van der Waals surface area contributed by atoms with Crippen molar-refractivity contribution in [3.05, 3.63) is 71.9 Å². The molecular weight excluding hydrogens is 394 g/mol. The normalized spacial score (nSPS) is 10.5. The van der Waals surface area contributed by atoms with E-state index in [0.29, 0.717) is 18.8 Å². The Balaban J connectivity index is 1.62. The summed E-state index contributed by atoms with van der Waals surface area (Å²) in [6.07, 6.45) is 3.17. The van der Waals surface area contributed by atoms with E-state index in [2.05, 4.69) is 17.3 Å². The van der Waals surface area contributed by atoms with Crippen molar-refractivity contribution in [1.82, 2.24) is 9.78 Å². The quantitative estimate of drug-likeness (QED) is 0.387. The van der Waals surface area contributed by atoms with Crippen LogP contribution in [-0.4, -0.2) is 34.9 Å². The SMILES string of the molecule is CCOC(=O)c1cnn(-c2ccccc2)c1NC(=O)CCCOc1ccc(CC)cc1. The molecule has 1 heterocycles. The van der Waals surface area contributed by atoms with Crippen molar-refractivity contribution >= 4 is 17.7 Å². The van der Waals surface area contributed by atoms with Crippen molar-refractivity contribution in [3.8, 4) is 11.4 Å². The van der Waals surface area contributed by atoms with Crippen molar-refractivity contribution in [2.45, 2.75) is 33.1 Å². The van der Waals surface area contributed by atoms with Crippen molar-refractivity contribution in [3.63, 3.8) is 0 Å². The number of carbonyl (C=O) groups excluding carboxylic acids is 2. The highest BCUT2D eigenvalue weighted by atomic mass is 16.5. The first-order valence-corrected chi connectivity index (χ1v) is 10.4. The molecule has 0 radical (unpaired) electrons. The Labute approximate surface area is 182 Å². The van der Waals surface area contributed by atoms with Gasteiger partial charge in [0.25, 0.3) is 0 Å². The lowest BCUT2D eigenvalue weighted by molar-refractivity contribution is -0.116. The van der Waals surface area contributed by atoms with Crippen LogP contribution < -0.4 is 10.1 Å². The Hall–Kier alpha value is -3.61. The smallest absolute Gasteiger partial charge is 0.343 e. The van der Waals surface area contributed by atoms with Crippen LogP contribution in [0.15, 0.2) is 60.8 Å². The van der Waals surface area contributed by atoms with E-state index in [1.807, 2.05) is 54.6 Å². The Kier molecular flexibility index (Phi) is 7.81. The van der Waals surface area contributed by atoms with E-state index in [4.69, 9.17) is 9.47 Å². The number of esters is 1. The first kappa shape index (κ1) is 22.1. The van der Waals surface area contributed by atoms with Crippen LogP contribution in [0, 0.1) is 0 Å². The standard InChI is InChI=1S/C24H27N3O4/c1-3-18-12-14-20(15-13-18)31-16-8-11-22(28)26-23-21(24(29)30-4-2)17-25-27(23)19-9-6-5-7-10-19/h5-7,9-10,12-15,17H,3-4,8,11,16H2,1-2H3,(H,26,28). The van der Waals surface area contributed by atoms with Gasteiger partial charge >= 0.3 is 5.97 Å². The molecule has 0 aliphatic carbocycles. The number of para-hydroxylation sites is 1. The number of amides is 1. The lowest BCUT2D eigenvalue weighted by Crippen LogP contribution is -2.18. The third-order valence-electron chi connectivity index (χ3n) is 4.67. The summed E-state index contributed by atoms with van der Waals surface area (Å²) in [4.78, 5) is 24.9. The molecule has 2 aromatic carbocycles. The first-order chi connectivity index (χ1) is 15.1. The minimum absolute atomic E-state index is 0.214. The first-order valence-electron chi connectivity index (χ1n) is 10.4. The summed E-state index contributed by atoms with van der Waals surface area (Å²) in [6, 6.07) is 17.2. The number of hydrogen-bond donors (Lipinski definition) is 1. The fourth-order valence-electron chi connectivity index (χ4n) is 3.03. The van der Waals surface area contributed by atoms with E-state index in [1.54, 1.807) is 6.92 Å². The van der Waals surface area contributed by atoms with Gasteiger partial charge in [0, 0.05) is 6.42 Å². The van der Waals surface area contributed by atoms with Crippen LogP contribution in [0.4, 0.5) is 5.82 Å². The van der Waals surface area contributed by atoms with Gasteiger partial charge in [0.1, 0.15) is 11.3 Å². The molecule has 7 heteroatoms. The summed E-state index contributed by atoms with van der Waals surface area (Å²) in [5, 5.41) is 7.09. The van der Waals surface area contributed by atoms with E-state index in [1.165, 1.54) is 16.4 Å². The second-order valence-corrected chi connectivity index (χ2v) is 6.87. The van der Waals surface area contributed by atoms with E-state index in [-0.39, 0.29) is 24.5 Å². The van der Waals surface area contributed by atoms with Crippen molar-refractivity contribution in [1.29, 1.82) is 0 Å². The molecule has 162 valence electrons. The van der Waals surface area contributed by atoms with Gasteiger partial charge in [0.15, 0.2) is 5.82 Å². The summed E-state index contributed by atoms with van der Waals surface area (Å²) >= 11 is 0. The molecule has 31 heavy (non-hydrogen) atoms. The molecular formula is C24H27N3O4. The van der Waals surface area contributed by atoms with Gasteiger partial charge in [-0.1, -0.05) is 37.3 Å². The molecule has 1 amide bonds. The third kappa shape index (κ3) is 5.94. The molecule has 1 N–H and O–H groups in total. The highest BCUT2D eigenvalue weighted by Gasteiger charge is 2.21. The summed E-state index contributed by atoms with van der Waals surface area (Å²) in [7, 11) is 0. The number of nitrogens with zero attached hydrogens (tertiary/aromatic N) is 2. The summed E-state index contributed by atoms with van der Waals surface area (Å²) < 4.78 is 12.3. The summed E-state index contributed by atoms with van der Waals surface area (Å²) in [5.74, 6) is 0.321. The van der Waals surface area contributed by atoms with E-state index in [0.717, 1.165) is 17.9 Å². The van der Waals surface area contributed by atoms with Gasteiger partial charge in [-0.25, -0.2) is 9.48 Å². The van der Waals surface area contributed by atoms with E-state index >= 15 is 0 Å². The summed E-state index contributed by atoms with van der Waals surface area (Å²) in [5.41, 5.74) is 2.19. The van der Waals surface area contributed by atoms with E-state index in [9.17, 15) is 9.59 Å². The molecule has 0 fully saturated rings. The number of nitrogens with one attached hydrogen (secondary N) is 1. The molecule has 0 saturated carbocycles. The largest absolute Gasteiger partial charge is 0.494 e.